The van der Waals surface area contributed by atoms with Crippen molar-refractivity contribution in [1.82, 2.24) is 8.87 Å². The summed E-state index contributed by atoms with van der Waals surface area (Å²) in [6, 6.07) is 1.66. The molecule has 0 aliphatic carbocycles. The smallest absolute Gasteiger partial charge is 0.245 e. The van der Waals surface area contributed by atoms with Gasteiger partial charge >= 0.3 is 0 Å². The maximum atomic E-state index is 12.8. The Labute approximate surface area is 121 Å². The number of sulfonamides is 1. The van der Waals surface area contributed by atoms with E-state index in [0.29, 0.717) is 17.1 Å². The van der Waals surface area contributed by atoms with Gasteiger partial charge in [0.15, 0.2) is 0 Å². The minimum Gasteiger partial charge on any atom is -0.390 e. The van der Waals surface area contributed by atoms with Gasteiger partial charge < -0.3 is 9.67 Å². The molecule has 5 nitrogen and oxygen atoms in total. The number of hydrogen-bond acceptors (Lipinski definition) is 3. The molecule has 0 bridgehead atoms. The topological polar surface area (TPSA) is 62.5 Å². The third-order valence-corrected chi connectivity index (χ3v) is 6.25. The summed E-state index contributed by atoms with van der Waals surface area (Å²) in [6.07, 6.45) is 4.52. The Morgan fingerprint density at radius 2 is 1.90 bits per heavy atom. The number of piperidine rings is 1. The molecule has 2 unspecified atom stereocenters. The van der Waals surface area contributed by atoms with Crippen LogP contribution >= 0.6 is 0 Å². The molecule has 6 heteroatoms. The molecule has 114 valence electrons. The molecule has 2 heterocycles. The van der Waals surface area contributed by atoms with E-state index in [9.17, 15) is 13.5 Å². The van der Waals surface area contributed by atoms with Crippen molar-refractivity contribution in [3.63, 3.8) is 0 Å². The highest BCUT2D eigenvalue weighted by Crippen LogP contribution is 2.30. The van der Waals surface area contributed by atoms with Gasteiger partial charge in [0.25, 0.3) is 0 Å². The van der Waals surface area contributed by atoms with Crippen LogP contribution in [0.2, 0.25) is 0 Å². The van der Waals surface area contributed by atoms with Crippen LogP contribution in [0.25, 0.3) is 0 Å². The van der Waals surface area contributed by atoms with Gasteiger partial charge in [-0.15, -0.1) is 0 Å². The number of nitrogens with zero attached hydrogens (tertiary/aromatic N) is 2. The van der Waals surface area contributed by atoms with E-state index in [1.54, 1.807) is 21.1 Å². The van der Waals surface area contributed by atoms with Gasteiger partial charge in [0.05, 0.1) is 6.61 Å². The molecule has 0 aromatic carbocycles. The minimum absolute atomic E-state index is 0.0336. The van der Waals surface area contributed by atoms with Crippen LogP contribution in [0.5, 0.6) is 0 Å². The van der Waals surface area contributed by atoms with Gasteiger partial charge in [-0.3, -0.25) is 0 Å². The van der Waals surface area contributed by atoms with Crippen LogP contribution in [0.15, 0.2) is 17.2 Å². The average molecular weight is 300 g/mol. The lowest BCUT2D eigenvalue weighted by Crippen LogP contribution is -2.47. The van der Waals surface area contributed by atoms with Crippen LogP contribution in [0.1, 0.15) is 45.7 Å². The first-order valence-corrected chi connectivity index (χ1v) is 8.69. The number of hydrogen-bond donors (Lipinski definition) is 1. The van der Waals surface area contributed by atoms with Crippen LogP contribution < -0.4 is 0 Å². The Kier molecular flexibility index (Phi) is 4.56. The summed E-state index contributed by atoms with van der Waals surface area (Å²) >= 11 is 0. The van der Waals surface area contributed by atoms with Crippen molar-refractivity contribution < 1.29 is 13.5 Å². The lowest BCUT2D eigenvalue weighted by atomic mass is 10.0. The van der Waals surface area contributed by atoms with Crippen LogP contribution in [0.4, 0.5) is 0 Å². The summed E-state index contributed by atoms with van der Waals surface area (Å²) in [5.74, 6) is 0. The Balaban J connectivity index is 2.41. The van der Waals surface area contributed by atoms with E-state index in [1.165, 1.54) is 0 Å². The molecule has 1 saturated heterocycles. The predicted octanol–water partition coefficient (Wildman–Crippen LogP) is 1.95. The lowest BCUT2D eigenvalue weighted by molar-refractivity contribution is 0.204. The molecule has 1 fully saturated rings. The predicted molar refractivity (Wildman–Crippen MR) is 77.8 cm³/mol. The van der Waals surface area contributed by atoms with Crippen molar-refractivity contribution in [2.75, 3.05) is 0 Å². The summed E-state index contributed by atoms with van der Waals surface area (Å²) in [6.45, 7) is 6.38. The summed E-state index contributed by atoms with van der Waals surface area (Å²) in [5, 5.41) is 9.31. The first kappa shape index (κ1) is 15.5. The van der Waals surface area contributed by atoms with Crippen LogP contribution in [-0.2, 0) is 23.2 Å². The number of rotatable bonds is 4. The highest BCUT2D eigenvalue weighted by atomic mass is 32.2. The molecule has 0 radical (unpaired) electrons. The zero-order valence-corrected chi connectivity index (χ0v) is 13.2. The standard InChI is InChI=1S/C14H24N2O3S/c1-4-15-9-14(8-13(15)10-17)20(18,19)16-11(2)6-5-7-12(16)3/h8-9,11-12,17H,4-7,10H2,1-3H3. The molecule has 1 aliphatic rings. The molecule has 1 aliphatic heterocycles. The second kappa shape index (κ2) is 5.87. The van der Waals surface area contributed by atoms with E-state index < -0.39 is 10.0 Å². The maximum Gasteiger partial charge on any atom is 0.245 e. The lowest BCUT2D eigenvalue weighted by Gasteiger charge is -2.37. The van der Waals surface area contributed by atoms with Crippen molar-refractivity contribution in [3.05, 3.63) is 18.0 Å². The normalized spacial score (nSPS) is 25.0. The maximum absolute atomic E-state index is 12.8. The summed E-state index contributed by atoms with van der Waals surface area (Å²) in [4.78, 5) is 0.295. The monoisotopic (exact) mass is 300 g/mol. The number of aliphatic hydroxyl groups excluding tert-OH is 1. The molecule has 0 amide bonds. The fourth-order valence-corrected chi connectivity index (χ4v) is 5.03. The Morgan fingerprint density at radius 1 is 1.30 bits per heavy atom. The van der Waals surface area contributed by atoms with Gasteiger partial charge in [0, 0.05) is 30.5 Å². The third kappa shape index (κ3) is 2.64. The quantitative estimate of drug-likeness (QED) is 0.924. The molecule has 0 saturated carbocycles. The van der Waals surface area contributed by atoms with Crippen molar-refractivity contribution in [1.29, 1.82) is 0 Å². The molecule has 2 atom stereocenters. The van der Waals surface area contributed by atoms with Crippen LogP contribution in [-0.4, -0.2) is 34.5 Å². The fourth-order valence-electron chi connectivity index (χ4n) is 3.09. The minimum atomic E-state index is -3.48. The van der Waals surface area contributed by atoms with E-state index in [-0.39, 0.29) is 18.7 Å². The highest BCUT2D eigenvalue weighted by molar-refractivity contribution is 7.89. The van der Waals surface area contributed by atoms with E-state index in [2.05, 4.69) is 0 Å². The summed E-state index contributed by atoms with van der Waals surface area (Å²) in [7, 11) is -3.48. The number of aryl methyl sites for hydroxylation is 1. The van der Waals surface area contributed by atoms with Crippen LogP contribution in [0.3, 0.4) is 0 Å². The third-order valence-electron chi connectivity index (χ3n) is 4.15. The average Bonchev–Trinajstić information content (AvgIpc) is 2.82. The van der Waals surface area contributed by atoms with E-state index >= 15 is 0 Å². The van der Waals surface area contributed by atoms with Gasteiger partial charge in [-0.05, 0) is 39.7 Å². The number of aliphatic hydroxyl groups is 1. The van der Waals surface area contributed by atoms with Crippen molar-refractivity contribution in [2.24, 2.45) is 0 Å². The Morgan fingerprint density at radius 3 is 2.35 bits per heavy atom. The molecule has 0 spiro atoms. The molecule has 1 aromatic heterocycles. The van der Waals surface area contributed by atoms with E-state index in [4.69, 9.17) is 0 Å². The SMILES string of the molecule is CCn1cc(S(=O)(=O)N2C(C)CCCC2C)cc1CO. The molecular formula is C14H24N2O3S. The summed E-state index contributed by atoms with van der Waals surface area (Å²) < 4.78 is 29.1. The van der Waals surface area contributed by atoms with Gasteiger partial charge in [-0.2, -0.15) is 4.31 Å². The van der Waals surface area contributed by atoms with Gasteiger partial charge in [-0.1, -0.05) is 6.42 Å². The van der Waals surface area contributed by atoms with Gasteiger partial charge in [0.1, 0.15) is 4.90 Å². The first-order chi connectivity index (χ1) is 9.41. The molecule has 20 heavy (non-hydrogen) atoms. The summed E-state index contributed by atoms with van der Waals surface area (Å²) in [5.41, 5.74) is 0.642. The largest absolute Gasteiger partial charge is 0.390 e. The first-order valence-electron chi connectivity index (χ1n) is 7.25. The zero-order valence-electron chi connectivity index (χ0n) is 12.4. The van der Waals surface area contributed by atoms with Gasteiger partial charge in [-0.25, -0.2) is 8.42 Å². The second-order valence-corrected chi connectivity index (χ2v) is 7.42. The van der Waals surface area contributed by atoms with Crippen molar-refractivity contribution >= 4 is 10.0 Å². The van der Waals surface area contributed by atoms with Crippen LogP contribution in [0, 0.1) is 0 Å². The Hall–Kier alpha value is -0.850. The molecule has 1 N–H and O–H groups in total. The zero-order chi connectivity index (χ0) is 14.9. The highest BCUT2D eigenvalue weighted by Gasteiger charge is 2.36. The van der Waals surface area contributed by atoms with Crippen molar-refractivity contribution in [3.8, 4) is 0 Å². The van der Waals surface area contributed by atoms with Crippen molar-refractivity contribution in [2.45, 2.75) is 70.2 Å². The second-order valence-electron chi connectivity index (χ2n) is 5.58. The van der Waals surface area contributed by atoms with E-state index in [0.717, 1.165) is 19.3 Å². The number of aromatic nitrogens is 1. The molecular weight excluding hydrogens is 276 g/mol. The Bertz CT molecular complexity index is 533. The molecule has 1 aromatic rings. The fraction of sp³-hybridized carbons (Fsp3) is 0.714. The van der Waals surface area contributed by atoms with E-state index in [1.807, 2.05) is 20.8 Å². The van der Waals surface area contributed by atoms with Gasteiger partial charge in [0.2, 0.25) is 10.0 Å². The molecule has 2 rings (SSSR count).